The van der Waals surface area contributed by atoms with Gasteiger partial charge in [0.25, 0.3) is 5.91 Å². The highest BCUT2D eigenvalue weighted by Crippen LogP contribution is 2.29. The van der Waals surface area contributed by atoms with Gasteiger partial charge in [-0.05, 0) is 44.0 Å². The van der Waals surface area contributed by atoms with E-state index in [2.05, 4.69) is 0 Å². The normalized spacial score (nSPS) is 17.8. The van der Waals surface area contributed by atoms with E-state index in [-0.39, 0.29) is 12.5 Å². The number of benzene rings is 1. The highest BCUT2D eigenvalue weighted by molar-refractivity contribution is 6.30. The molecule has 0 bridgehead atoms. The Balaban J connectivity index is 1.67. The van der Waals surface area contributed by atoms with E-state index in [1.165, 1.54) is 0 Å². The zero-order valence-electron chi connectivity index (χ0n) is 12.9. The second kappa shape index (κ2) is 6.62. The minimum Gasteiger partial charge on any atom is -0.488 e. The Morgan fingerprint density at radius 1 is 1.30 bits per heavy atom. The molecule has 1 amide bonds. The summed E-state index contributed by atoms with van der Waals surface area (Å²) in [4.78, 5) is 26.2. The van der Waals surface area contributed by atoms with E-state index in [0.717, 1.165) is 31.5 Å². The summed E-state index contributed by atoms with van der Waals surface area (Å²) in [5, 5.41) is 0.566. The van der Waals surface area contributed by atoms with Gasteiger partial charge in [-0.2, -0.15) is 0 Å². The third-order valence-electron chi connectivity index (χ3n) is 4.00. The number of likely N-dealkylation sites (tertiary alicyclic amines) is 1. The largest absolute Gasteiger partial charge is 0.488 e. The van der Waals surface area contributed by atoms with Crippen LogP contribution in [0.2, 0.25) is 5.02 Å². The van der Waals surface area contributed by atoms with Gasteiger partial charge in [0.05, 0.1) is 5.57 Å². The fourth-order valence-corrected chi connectivity index (χ4v) is 2.93. The molecule has 0 saturated carbocycles. The molecule has 122 valence electrons. The first-order valence-corrected chi connectivity index (χ1v) is 8.05. The minimum absolute atomic E-state index is 0.123. The third-order valence-corrected chi connectivity index (χ3v) is 4.23. The molecule has 0 N–H and O–H groups in total. The topological polar surface area (TPSA) is 55.8 Å². The first kappa shape index (κ1) is 15.9. The molecule has 1 unspecified atom stereocenters. The van der Waals surface area contributed by atoms with Crippen LogP contribution in [0.4, 0.5) is 0 Å². The number of nitrogens with zero attached hydrogens (tertiary/aromatic N) is 1. The molecule has 1 aromatic carbocycles. The molecule has 2 heterocycles. The van der Waals surface area contributed by atoms with Gasteiger partial charge in [-0.15, -0.1) is 0 Å². The fraction of sp³-hybridized carbons (Fsp3) is 0.412. The van der Waals surface area contributed by atoms with Gasteiger partial charge in [0.2, 0.25) is 0 Å². The van der Waals surface area contributed by atoms with Crippen LogP contribution in [-0.4, -0.2) is 42.6 Å². The van der Waals surface area contributed by atoms with E-state index in [1.807, 2.05) is 0 Å². The monoisotopic (exact) mass is 335 g/mol. The zero-order chi connectivity index (χ0) is 16.4. The van der Waals surface area contributed by atoms with Crippen LogP contribution in [0.15, 0.2) is 23.8 Å². The van der Waals surface area contributed by atoms with Crippen molar-refractivity contribution in [1.82, 2.24) is 4.90 Å². The molecular formula is C17H18ClNO4. The summed E-state index contributed by atoms with van der Waals surface area (Å²) >= 11 is 5.95. The number of fused-ring (bicyclic) bond motifs is 1. The van der Waals surface area contributed by atoms with Crippen molar-refractivity contribution in [1.29, 1.82) is 0 Å². The van der Waals surface area contributed by atoms with Crippen LogP contribution in [0, 0.1) is 0 Å². The molecule has 0 aliphatic carbocycles. The third kappa shape index (κ3) is 3.50. The summed E-state index contributed by atoms with van der Waals surface area (Å²) in [6.07, 6.45) is 2.91. The molecule has 6 heteroatoms. The number of halogens is 1. The summed E-state index contributed by atoms with van der Waals surface area (Å²) in [6.45, 7) is 3.20. The molecule has 2 aliphatic rings. The van der Waals surface area contributed by atoms with Crippen molar-refractivity contribution < 1.29 is 19.1 Å². The van der Waals surface area contributed by atoms with Gasteiger partial charge in [0, 0.05) is 23.7 Å². The number of hydrogen-bond donors (Lipinski definition) is 0. The van der Waals surface area contributed by atoms with Gasteiger partial charge in [-0.25, -0.2) is 4.79 Å². The molecule has 23 heavy (non-hydrogen) atoms. The minimum atomic E-state index is -0.790. The Bertz CT molecular complexity index is 665. The highest BCUT2D eigenvalue weighted by atomic mass is 35.5. The molecule has 5 nitrogen and oxygen atoms in total. The Labute approximate surface area is 139 Å². The molecule has 1 fully saturated rings. The molecule has 2 aliphatic heterocycles. The van der Waals surface area contributed by atoms with Crippen molar-refractivity contribution in [3.05, 3.63) is 34.4 Å². The van der Waals surface area contributed by atoms with Gasteiger partial charge in [0.15, 0.2) is 6.10 Å². The average Bonchev–Trinajstić information content (AvgIpc) is 3.07. The van der Waals surface area contributed by atoms with Crippen LogP contribution >= 0.6 is 11.6 Å². The second-order valence-corrected chi connectivity index (χ2v) is 6.16. The molecule has 3 rings (SSSR count). The van der Waals surface area contributed by atoms with Crippen molar-refractivity contribution in [2.45, 2.75) is 25.9 Å². The van der Waals surface area contributed by atoms with Crippen LogP contribution in [0.25, 0.3) is 6.08 Å². The first-order chi connectivity index (χ1) is 11.0. The van der Waals surface area contributed by atoms with Crippen molar-refractivity contribution in [2.75, 3.05) is 19.7 Å². The predicted molar refractivity (Wildman–Crippen MR) is 86.3 cm³/mol. The molecule has 0 radical (unpaired) electrons. The molecule has 1 saturated heterocycles. The van der Waals surface area contributed by atoms with Crippen LogP contribution in [-0.2, 0) is 14.3 Å². The van der Waals surface area contributed by atoms with Gasteiger partial charge in [-0.1, -0.05) is 11.6 Å². The van der Waals surface area contributed by atoms with Gasteiger partial charge < -0.3 is 14.4 Å². The van der Waals surface area contributed by atoms with Crippen LogP contribution in [0.3, 0.4) is 0 Å². The standard InChI is InChI=1S/C17H18ClNO4/c1-11(16(20)19-6-2-3-7-19)23-17(21)13-8-12-9-14(18)4-5-15(12)22-10-13/h4-5,8-9,11H,2-3,6-7,10H2,1H3. The van der Waals surface area contributed by atoms with Crippen molar-refractivity contribution in [2.24, 2.45) is 0 Å². The lowest BCUT2D eigenvalue weighted by Crippen LogP contribution is -2.38. The van der Waals surface area contributed by atoms with E-state index in [0.29, 0.717) is 16.3 Å². The highest BCUT2D eigenvalue weighted by Gasteiger charge is 2.28. The summed E-state index contributed by atoms with van der Waals surface area (Å²) in [5.74, 6) is -0.000522. The van der Waals surface area contributed by atoms with Crippen LogP contribution in [0.5, 0.6) is 5.75 Å². The van der Waals surface area contributed by atoms with E-state index in [9.17, 15) is 9.59 Å². The molecule has 0 aromatic heterocycles. The number of carbonyl (C=O) groups excluding carboxylic acids is 2. The van der Waals surface area contributed by atoms with E-state index in [1.54, 1.807) is 36.1 Å². The number of amides is 1. The summed E-state index contributed by atoms with van der Waals surface area (Å²) in [5.41, 5.74) is 1.11. The Kier molecular flexibility index (Phi) is 4.57. The van der Waals surface area contributed by atoms with Gasteiger partial charge >= 0.3 is 5.97 Å². The summed E-state index contributed by atoms with van der Waals surface area (Å²) in [6, 6.07) is 5.21. The molecule has 0 spiro atoms. The van der Waals surface area contributed by atoms with Gasteiger partial charge in [-0.3, -0.25) is 4.79 Å². The Hall–Kier alpha value is -2.01. The first-order valence-electron chi connectivity index (χ1n) is 7.67. The fourth-order valence-electron chi connectivity index (χ4n) is 2.75. The predicted octanol–water partition coefficient (Wildman–Crippen LogP) is 2.67. The lowest BCUT2D eigenvalue weighted by molar-refractivity contribution is -0.155. The van der Waals surface area contributed by atoms with E-state index in [4.69, 9.17) is 21.1 Å². The summed E-state index contributed by atoms with van der Waals surface area (Å²) in [7, 11) is 0. The van der Waals surface area contributed by atoms with Crippen molar-refractivity contribution in [3.63, 3.8) is 0 Å². The quantitative estimate of drug-likeness (QED) is 0.797. The van der Waals surface area contributed by atoms with Crippen molar-refractivity contribution >= 4 is 29.6 Å². The number of ether oxygens (including phenoxy) is 2. The maximum absolute atomic E-state index is 12.2. The Morgan fingerprint density at radius 2 is 2.04 bits per heavy atom. The van der Waals surface area contributed by atoms with Gasteiger partial charge in [0.1, 0.15) is 12.4 Å². The second-order valence-electron chi connectivity index (χ2n) is 5.72. The van der Waals surface area contributed by atoms with Crippen LogP contribution < -0.4 is 4.74 Å². The lowest BCUT2D eigenvalue weighted by atomic mass is 10.1. The van der Waals surface area contributed by atoms with Crippen molar-refractivity contribution in [3.8, 4) is 5.75 Å². The number of rotatable bonds is 3. The number of esters is 1. The zero-order valence-corrected chi connectivity index (χ0v) is 13.6. The van der Waals surface area contributed by atoms with E-state index >= 15 is 0 Å². The maximum Gasteiger partial charge on any atom is 0.338 e. The number of carbonyl (C=O) groups is 2. The van der Waals surface area contributed by atoms with Crippen LogP contribution in [0.1, 0.15) is 25.3 Å². The smallest absolute Gasteiger partial charge is 0.338 e. The summed E-state index contributed by atoms with van der Waals surface area (Å²) < 4.78 is 10.8. The Morgan fingerprint density at radius 3 is 2.78 bits per heavy atom. The van der Waals surface area contributed by atoms with E-state index < -0.39 is 12.1 Å². The molecular weight excluding hydrogens is 318 g/mol. The lowest BCUT2D eigenvalue weighted by Gasteiger charge is -2.22. The maximum atomic E-state index is 12.2. The SMILES string of the molecule is CC(OC(=O)C1=Cc2cc(Cl)ccc2OC1)C(=O)N1CCCC1. The molecule has 1 atom stereocenters. The number of hydrogen-bond acceptors (Lipinski definition) is 4. The average molecular weight is 336 g/mol. The molecule has 1 aromatic rings.